The maximum atomic E-state index is 13.5. The number of hydrogen-bond donors (Lipinski definition) is 1. The van der Waals surface area contributed by atoms with E-state index >= 15 is 0 Å². The van der Waals surface area contributed by atoms with E-state index in [0.29, 0.717) is 13.0 Å². The van der Waals surface area contributed by atoms with Gasteiger partial charge in [-0.3, -0.25) is 4.79 Å². The minimum Gasteiger partial charge on any atom is -0.352 e. The molecular weight excluding hydrogens is 308 g/mol. The predicted molar refractivity (Wildman–Crippen MR) is 83.6 cm³/mol. The summed E-state index contributed by atoms with van der Waals surface area (Å²) >= 11 is 5.85. The van der Waals surface area contributed by atoms with E-state index in [9.17, 15) is 13.6 Å². The highest BCUT2D eigenvalue weighted by Crippen LogP contribution is 2.20. The quantitative estimate of drug-likeness (QED) is 0.829. The van der Waals surface area contributed by atoms with E-state index in [1.54, 1.807) is 18.2 Å². The summed E-state index contributed by atoms with van der Waals surface area (Å²) in [6, 6.07) is 10.5. The fourth-order valence-corrected chi connectivity index (χ4v) is 2.14. The van der Waals surface area contributed by atoms with Crippen molar-refractivity contribution in [3.05, 3.63) is 76.3 Å². The number of carbonyl (C=O) groups is 1. The van der Waals surface area contributed by atoms with E-state index in [1.165, 1.54) is 36.4 Å². The van der Waals surface area contributed by atoms with Crippen molar-refractivity contribution in [2.24, 2.45) is 0 Å². The van der Waals surface area contributed by atoms with Gasteiger partial charge in [-0.25, -0.2) is 8.78 Å². The van der Waals surface area contributed by atoms with Gasteiger partial charge in [0.05, 0.1) is 5.02 Å². The van der Waals surface area contributed by atoms with Gasteiger partial charge >= 0.3 is 0 Å². The summed E-state index contributed by atoms with van der Waals surface area (Å²) in [5.41, 5.74) is 0.964. The first kappa shape index (κ1) is 16.2. The van der Waals surface area contributed by atoms with Gasteiger partial charge in [0.1, 0.15) is 11.6 Å². The second-order valence-corrected chi connectivity index (χ2v) is 5.05. The van der Waals surface area contributed by atoms with E-state index in [-0.39, 0.29) is 22.3 Å². The topological polar surface area (TPSA) is 29.1 Å². The van der Waals surface area contributed by atoms with Crippen LogP contribution in [0.25, 0.3) is 6.08 Å². The Labute approximate surface area is 132 Å². The molecule has 1 amide bonds. The van der Waals surface area contributed by atoms with Crippen LogP contribution in [0.3, 0.4) is 0 Å². The van der Waals surface area contributed by atoms with E-state index < -0.39 is 5.82 Å². The molecule has 114 valence electrons. The van der Waals surface area contributed by atoms with Crippen molar-refractivity contribution in [1.29, 1.82) is 0 Å². The monoisotopic (exact) mass is 321 g/mol. The van der Waals surface area contributed by atoms with Crippen LogP contribution >= 0.6 is 11.6 Å². The first-order chi connectivity index (χ1) is 10.6. The molecule has 0 bridgehead atoms. The molecule has 0 spiro atoms. The fraction of sp³-hybridized carbons (Fsp3) is 0.118. The van der Waals surface area contributed by atoms with Crippen molar-refractivity contribution in [2.45, 2.75) is 6.42 Å². The molecule has 0 saturated heterocycles. The molecule has 2 aromatic rings. The smallest absolute Gasteiger partial charge is 0.244 e. The number of rotatable bonds is 5. The Bertz CT molecular complexity index is 681. The van der Waals surface area contributed by atoms with Crippen LogP contribution < -0.4 is 5.32 Å². The predicted octanol–water partition coefficient (Wildman–Crippen LogP) is 3.99. The van der Waals surface area contributed by atoms with Crippen LogP contribution in [0.2, 0.25) is 5.02 Å². The molecule has 0 saturated carbocycles. The summed E-state index contributed by atoms with van der Waals surface area (Å²) in [5, 5.41) is 2.89. The highest BCUT2D eigenvalue weighted by atomic mass is 35.5. The van der Waals surface area contributed by atoms with E-state index in [1.807, 2.05) is 0 Å². The van der Waals surface area contributed by atoms with Crippen LogP contribution in [-0.2, 0) is 11.2 Å². The SMILES string of the molecule is O=C(/C=C/c1c(F)cccc1Cl)NCCc1cccc(F)c1. The summed E-state index contributed by atoms with van der Waals surface area (Å²) in [7, 11) is 0. The number of hydrogen-bond acceptors (Lipinski definition) is 1. The second kappa shape index (κ2) is 7.71. The van der Waals surface area contributed by atoms with Gasteiger partial charge in [-0.15, -0.1) is 0 Å². The summed E-state index contributed by atoms with van der Waals surface area (Å²) in [6.45, 7) is 0.359. The molecule has 5 heteroatoms. The third kappa shape index (κ3) is 4.67. The standard InChI is InChI=1S/C17H14ClF2NO/c18-15-5-2-6-16(20)14(15)7-8-17(22)21-10-9-12-3-1-4-13(19)11-12/h1-8,11H,9-10H2,(H,21,22)/b8-7+. The zero-order valence-corrected chi connectivity index (χ0v) is 12.4. The molecule has 0 radical (unpaired) electrons. The Hall–Kier alpha value is -2.20. The minimum atomic E-state index is -0.490. The number of carbonyl (C=O) groups excluding carboxylic acids is 1. The van der Waals surface area contributed by atoms with Crippen molar-refractivity contribution < 1.29 is 13.6 Å². The Morgan fingerprint density at radius 1 is 1.18 bits per heavy atom. The molecule has 0 aliphatic carbocycles. The van der Waals surface area contributed by atoms with Crippen LogP contribution in [0.5, 0.6) is 0 Å². The Morgan fingerprint density at radius 3 is 2.68 bits per heavy atom. The molecule has 0 heterocycles. The third-order valence-electron chi connectivity index (χ3n) is 3.00. The largest absolute Gasteiger partial charge is 0.352 e. The molecule has 0 atom stereocenters. The molecule has 1 N–H and O–H groups in total. The Morgan fingerprint density at radius 2 is 1.95 bits per heavy atom. The van der Waals surface area contributed by atoms with Crippen molar-refractivity contribution in [3.8, 4) is 0 Å². The third-order valence-corrected chi connectivity index (χ3v) is 3.33. The molecule has 0 aromatic heterocycles. The Kier molecular flexibility index (Phi) is 5.67. The van der Waals surface area contributed by atoms with Gasteiger partial charge < -0.3 is 5.32 Å². The molecule has 0 aliphatic rings. The van der Waals surface area contributed by atoms with Gasteiger partial charge in [0, 0.05) is 18.2 Å². The zero-order chi connectivity index (χ0) is 15.9. The second-order valence-electron chi connectivity index (χ2n) is 4.64. The van der Waals surface area contributed by atoms with E-state index in [4.69, 9.17) is 11.6 Å². The van der Waals surface area contributed by atoms with Crippen molar-refractivity contribution in [3.63, 3.8) is 0 Å². The first-order valence-electron chi connectivity index (χ1n) is 6.70. The highest BCUT2D eigenvalue weighted by molar-refractivity contribution is 6.32. The van der Waals surface area contributed by atoms with Crippen LogP contribution in [0.15, 0.2) is 48.5 Å². The highest BCUT2D eigenvalue weighted by Gasteiger charge is 2.04. The van der Waals surface area contributed by atoms with Crippen LogP contribution in [-0.4, -0.2) is 12.5 Å². The summed E-state index contributed by atoms with van der Waals surface area (Å²) in [5.74, 6) is -1.16. The average Bonchev–Trinajstić information content (AvgIpc) is 2.47. The maximum Gasteiger partial charge on any atom is 0.244 e. The van der Waals surface area contributed by atoms with Crippen molar-refractivity contribution in [1.82, 2.24) is 5.32 Å². The Balaban J connectivity index is 1.87. The molecule has 0 unspecified atom stereocenters. The number of benzene rings is 2. The normalized spacial score (nSPS) is 10.9. The first-order valence-corrected chi connectivity index (χ1v) is 7.08. The lowest BCUT2D eigenvalue weighted by molar-refractivity contribution is -0.116. The van der Waals surface area contributed by atoms with E-state index in [2.05, 4.69) is 5.32 Å². The molecule has 2 aromatic carbocycles. The van der Waals surface area contributed by atoms with Gasteiger partial charge in [-0.2, -0.15) is 0 Å². The number of amides is 1. The molecular formula is C17H14ClF2NO. The molecule has 2 rings (SSSR count). The van der Waals surface area contributed by atoms with Gasteiger partial charge in [-0.05, 0) is 42.3 Å². The lowest BCUT2D eigenvalue weighted by atomic mass is 10.1. The molecule has 0 aliphatic heterocycles. The van der Waals surface area contributed by atoms with Gasteiger partial charge in [0.15, 0.2) is 0 Å². The molecule has 0 fully saturated rings. The van der Waals surface area contributed by atoms with Crippen molar-refractivity contribution >= 4 is 23.6 Å². The lowest BCUT2D eigenvalue weighted by Crippen LogP contribution is -2.23. The van der Waals surface area contributed by atoms with Crippen molar-refractivity contribution in [2.75, 3.05) is 6.54 Å². The molecule has 22 heavy (non-hydrogen) atoms. The zero-order valence-electron chi connectivity index (χ0n) is 11.7. The number of halogens is 3. The van der Waals surface area contributed by atoms with Crippen LogP contribution in [0, 0.1) is 11.6 Å². The van der Waals surface area contributed by atoms with E-state index in [0.717, 1.165) is 5.56 Å². The lowest BCUT2D eigenvalue weighted by Gasteiger charge is -2.03. The summed E-state index contributed by atoms with van der Waals surface area (Å²) in [4.78, 5) is 11.7. The van der Waals surface area contributed by atoms with Crippen LogP contribution in [0.4, 0.5) is 8.78 Å². The molecule has 2 nitrogen and oxygen atoms in total. The van der Waals surface area contributed by atoms with Crippen LogP contribution in [0.1, 0.15) is 11.1 Å². The summed E-state index contributed by atoms with van der Waals surface area (Å²) in [6.07, 6.45) is 3.06. The van der Waals surface area contributed by atoms with Gasteiger partial charge in [0.2, 0.25) is 5.91 Å². The average molecular weight is 322 g/mol. The summed E-state index contributed by atoms with van der Waals surface area (Å²) < 4.78 is 26.5. The fourth-order valence-electron chi connectivity index (χ4n) is 1.91. The minimum absolute atomic E-state index is 0.171. The van der Waals surface area contributed by atoms with Gasteiger partial charge in [-0.1, -0.05) is 29.8 Å². The maximum absolute atomic E-state index is 13.5. The van der Waals surface area contributed by atoms with Gasteiger partial charge in [0.25, 0.3) is 0 Å². The number of nitrogens with one attached hydrogen (secondary N) is 1.